The third kappa shape index (κ3) is 3.94. The van der Waals surface area contributed by atoms with Gasteiger partial charge in [-0.15, -0.1) is 0 Å². The van der Waals surface area contributed by atoms with Gasteiger partial charge in [-0.3, -0.25) is 4.90 Å². The number of hydrogen-bond donors (Lipinski definition) is 0. The van der Waals surface area contributed by atoms with Crippen LogP contribution in [0, 0.1) is 0 Å². The summed E-state index contributed by atoms with van der Waals surface area (Å²) in [5.74, 6) is 0. The van der Waals surface area contributed by atoms with Gasteiger partial charge in [0.15, 0.2) is 6.10 Å². The minimum Gasteiger partial charge on any atom is -0.383 e. The van der Waals surface area contributed by atoms with Gasteiger partial charge >= 0.3 is 6.18 Å². The molecule has 0 amide bonds. The molecule has 1 fully saturated rings. The Hall–Kier alpha value is -1.12. The van der Waals surface area contributed by atoms with Crippen LogP contribution in [0.5, 0.6) is 0 Å². The van der Waals surface area contributed by atoms with Crippen molar-refractivity contribution in [3.8, 4) is 0 Å². The molecular formula is C12H18F3N3O2. The van der Waals surface area contributed by atoms with Crippen LogP contribution < -0.4 is 0 Å². The van der Waals surface area contributed by atoms with Gasteiger partial charge in [0, 0.05) is 39.5 Å². The fourth-order valence-corrected chi connectivity index (χ4v) is 2.14. The molecule has 1 aliphatic rings. The molecular weight excluding hydrogens is 275 g/mol. The molecule has 2 heterocycles. The Bertz CT molecular complexity index is 422. The SMILES string of the molecule is COCCn1cncc1CN1CCO[C@H](C(F)(F)F)C1. The van der Waals surface area contributed by atoms with Gasteiger partial charge in [0.2, 0.25) is 0 Å². The van der Waals surface area contributed by atoms with Crippen LogP contribution in [0.4, 0.5) is 13.2 Å². The highest BCUT2D eigenvalue weighted by atomic mass is 19.4. The highest BCUT2D eigenvalue weighted by Gasteiger charge is 2.43. The molecule has 1 saturated heterocycles. The van der Waals surface area contributed by atoms with Crippen LogP contribution in [0.1, 0.15) is 5.69 Å². The van der Waals surface area contributed by atoms with Crippen molar-refractivity contribution in [3.05, 3.63) is 18.2 Å². The molecule has 114 valence electrons. The Balaban J connectivity index is 1.94. The molecule has 0 aliphatic carbocycles. The molecule has 1 atom stereocenters. The first-order chi connectivity index (χ1) is 9.50. The summed E-state index contributed by atoms with van der Waals surface area (Å²) in [6, 6.07) is 0. The zero-order valence-electron chi connectivity index (χ0n) is 11.3. The quantitative estimate of drug-likeness (QED) is 0.820. The molecule has 0 bridgehead atoms. The van der Waals surface area contributed by atoms with E-state index in [0.29, 0.717) is 26.2 Å². The second-order valence-electron chi connectivity index (χ2n) is 4.71. The van der Waals surface area contributed by atoms with Gasteiger partial charge in [0.1, 0.15) is 0 Å². The van der Waals surface area contributed by atoms with Crippen LogP contribution in [0.25, 0.3) is 0 Å². The van der Waals surface area contributed by atoms with Crippen LogP contribution in [0.2, 0.25) is 0 Å². The number of ether oxygens (including phenoxy) is 2. The highest BCUT2D eigenvalue weighted by Crippen LogP contribution is 2.26. The maximum atomic E-state index is 12.7. The Kier molecular flexibility index (Phi) is 5.00. The lowest BCUT2D eigenvalue weighted by molar-refractivity contribution is -0.237. The van der Waals surface area contributed by atoms with E-state index in [-0.39, 0.29) is 13.2 Å². The van der Waals surface area contributed by atoms with Crippen molar-refractivity contribution in [3.63, 3.8) is 0 Å². The summed E-state index contributed by atoms with van der Waals surface area (Å²) >= 11 is 0. The first-order valence-electron chi connectivity index (χ1n) is 6.39. The standard InChI is InChI=1S/C12H18F3N3O2/c1-19-4-3-18-9-16-6-10(18)7-17-2-5-20-11(8-17)12(13,14)15/h6,9,11H,2-5,7-8H2,1H3/t11-/m0/s1. The number of halogens is 3. The van der Waals surface area contributed by atoms with Gasteiger partial charge in [0.05, 0.1) is 25.2 Å². The Morgan fingerprint density at radius 3 is 3.00 bits per heavy atom. The van der Waals surface area contributed by atoms with Crippen molar-refractivity contribution < 1.29 is 22.6 Å². The van der Waals surface area contributed by atoms with E-state index in [1.165, 1.54) is 0 Å². The lowest BCUT2D eigenvalue weighted by atomic mass is 10.2. The number of rotatable bonds is 5. The Labute approximate surface area is 115 Å². The molecule has 0 radical (unpaired) electrons. The van der Waals surface area contributed by atoms with E-state index in [0.717, 1.165) is 5.69 Å². The van der Waals surface area contributed by atoms with Crippen LogP contribution in [0.3, 0.4) is 0 Å². The van der Waals surface area contributed by atoms with E-state index in [9.17, 15) is 13.2 Å². The first kappa shape index (κ1) is 15.3. The van der Waals surface area contributed by atoms with Crippen LogP contribution in [-0.4, -0.2) is 60.1 Å². The summed E-state index contributed by atoms with van der Waals surface area (Å²) in [5.41, 5.74) is 0.880. The minimum absolute atomic E-state index is 0.0936. The van der Waals surface area contributed by atoms with E-state index < -0.39 is 12.3 Å². The normalized spacial score (nSPS) is 21.3. The van der Waals surface area contributed by atoms with Gasteiger partial charge in [-0.2, -0.15) is 13.2 Å². The highest BCUT2D eigenvalue weighted by molar-refractivity contribution is 4.99. The van der Waals surface area contributed by atoms with Gasteiger partial charge in [-0.25, -0.2) is 4.98 Å². The molecule has 0 saturated carbocycles. The number of morpholine rings is 1. The van der Waals surface area contributed by atoms with E-state index in [1.807, 2.05) is 4.57 Å². The maximum absolute atomic E-state index is 12.7. The van der Waals surface area contributed by atoms with E-state index in [1.54, 1.807) is 24.5 Å². The molecule has 0 N–H and O–H groups in total. The van der Waals surface area contributed by atoms with Crippen molar-refractivity contribution >= 4 is 0 Å². The maximum Gasteiger partial charge on any atom is 0.415 e. The smallest absolute Gasteiger partial charge is 0.383 e. The van der Waals surface area contributed by atoms with Gasteiger partial charge in [-0.05, 0) is 0 Å². The summed E-state index contributed by atoms with van der Waals surface area (Å²) in [7, 11) is 1.60. The third-order valence-electron chi connectivity index (χ3n) is 3.24. The predicted molar refractivity (Wildman–Crippen MR) is 65.2 cm³/mol. The zero-order valence-corrected chi connectivity index (χ0v) is 11.3. The van der Waals surface area contributed by atoms with E-state index in [4.69, 9.17) is 9.47 Å². The Morgan fingerprint density at radius 2 is 2.30 bits per heavy atom. The van der Waals surface area contributed by atoms with E-state index in [2.05, 4.69) is 4.98 Å². The molecule has 0 spiro atoms. The number of imidazole rings is 1. The van der Waals surface area contributed by atoms with Gasteiger partial charge in [0.25, 0.3) is 0 Å². The number of methoxy groups -OCH3 is 1. The molecule has 1 aromatic heterocycles. The fraction of sp³-hybridized carbons (Fsp3) is 0.750. The fourth-order valence-electron chi connectivity index (χ4n) is 2.14. The second-order valence-corrected chi connectivity index (χ2v) is 4.71. The van der Waals surface area contributed by atoms with Crippen LogP contribution in [-0.2, 0) is 22.6 Å². The largest absolute Gasteiger partial charge is 0.415 e. The molecule has 0 aromatic carbocycles. The van der Waals surface area contributed by atoms with E-state index >= 15 is 0 Å². The van der Waals surface area contributed by atoms with Crippen LogP contribution >= 0.6 is 0 Å². The van der Waals surface area contributed by atoms with Gasteiger partial charge < -0.3 is 14.0 Å². The van der Waals surface area contributed by atoms with Crippen LogP contribution in [0.15, 0.2) is 12.5 Å². The van der Waals surface area contributed by atoms with Crippen molar-refractivity contribution in [2.45, 2.75) is 25.4 Å². The lowest BCUT2D eigenvalue weighted by Gasteiger charge is -2.33. The average molecular weight is 293 g/mol. The molecule has 1 aromatic rings. The number of aromatic nitrogens is 2. The summed E-state index contributed by atoms with van der Waals surface area (Å²) in [4.78, 5) is 5.77. The van der Waals surface area contributed by atoms with Gasteiger partial charge in [-0.1, -0.05) is 0 Å². The zero-order chi connectivity index (χ0) is 14.6. The molecule has 2 rings (SSSR count). The monoisotopic (exact) mass is 293 g/mol. The van der Waals surface area contributed by atoms with Crippen molar-refractivity contribution in [1.82, 2.24) is 14.5 Å². The molecule has 1 aliphatic heterocycles. The van der Waals surface area contributed by atoms with Crippen molar-refractivity contribution in [2.24, 2.45) is 0 Å². The molecule has 20 heavy (non-hydrogen) atoms. The number of alkyl halides is 3. The Morgan fingerprint density at radius 1 is 1.50 bits per heavy atom. The topological polar surface area (TPSA) is 39.5 Å². The summed E-state index contributed by atoms with van der Waals surface area (Å²) in [6.45, 7) is 2.05. The lowest BCUT2D eigenvalue weighted by Crippen LogP contribution is -2.48. The van der Waals surface area contributed by atoms with Crippen molar-refractivity contribution in [2.75, 3.05) is 33.4 Å². The van der Waals surface area contributed by atoms with Crippen molar-refractivity contribution in [1.29, 1.82) is 0 Å². The predicted octanol–water partition coefficient (Wildman–Crippen LogP) is 1.29. The summed E-state index contributed by atoms with van der Waals surface area (Å²) in [6.07, 6.45) is -2.68. The molecule has 5 nitrogen and oxygen atoms in total. The average Bonchev–Trinajstić information content (AvgIpc) is 2.83. The number of hydrogen-bond acceptors (Lipinski definition) is 4. The molecule has 8 heteroatoms. The second kappa shape index (κ2) is 6.55. The number of nitrogens with zero attached hydrogens (tertiary/aromatic N) is 3. The first-order valence-corrected chi connectivity index (χ1v) is 6.39. The summed E-state index contributed by atoms with van der Waals surface area (Å²) in [5, 5.41) is 0. The third-order valence-corrected chi connectivity index (χ3v) is 3.24. The summed E-state index contributed by atoms with van der Waals surface area (Å²) < 4.78 is 49.6. The molecule has 0 unspecified atom stereocenters. The minimum atomic E-state index is -4.31.